The molecule has 5 aromatic rings. The maximum absolute atomic E-state index is 13.0. The van der Waals surface area contributed by atoms with Gasteiger partial charge in [-0.2, -0.15) is 0 Å². The van der Waals surface area contributed by atoms with E-state index in [-0.39, 0.29) is 11.0 Å². The number of carbonyl (C=O) groups is 1. The molecular formula is C26H16Cl3N3O2S. The number of amides is 1. The van der Waals surface area contributed by atoms with Crippen LogP contribution in [0.15, 0.2) is 71.1 Å². The van der Waals surface area contributed by atoms with Crippen molar-refractivity contribution in [1.82, 2.24) is 10.3 Å². The van der Waals surface area contributed by atoms with E-state index in [1.807, 2.05) is 37.3 Å². The number of nitrogens with one attached hydrogen (secondary N) is 2. The topological polar surface area (TPSA) is 67.2 Å². The summed E-state index contributed by atoms with van der Waals surface area (Å²) >= 11 is 24.0. The Hall–Kier alpha value is -3.16. The minimum Gasteiger partial charge on any atom is -0.434 e. The van der Waals surface area contributed by atoms with Crippen molar-refractivity contribution in [2.75, 3.05) is 5.32 Å². The van der Waals surface area contributed by atoms with Crippen LogP contribution in [0.3, 0.4) is 0 Å². The van der Waals surface area contributed by atoms with Crippen LogP contribution >= 0.6 is 47.0 Å². The van der Waals surface area contributed by atoms with Crippen LogP contribution in [0.25, 0.3) is 33.3 Å². The predicted molar refractivity (Wildman–Crippen MR) is 147 cm³/mol. The Bertz CT molecular complexity index is 1650. The largest absolute Gasteiger partial charge is 0.434 e. The molecule has 9 heteroatoms. The fourth-order valence-corrected chi connectivity index (χ4v) is 4.83. The van der Waals surface area contributed by atoms with Gasteiger partial charge in [0.15, 0.2) is 10.7 Å². The van der Waals surface area contributed by atoms with Crippen LogP contribution in [-0.2, 0) is 0 Å². The molecule has 1 aromatic heterocycles. The van der Waals surface area contributed by atoms with Crippen molar-refractivity contribution in [1.29, 1.82) is 0 Å². The van der Waals surface area contributed by atoms with Crippen molar-refractivity contribution >= 4 is 85.6 Å². The van der Waals surface area contributed by atoms with Crippen LogP contribution in [0.5, 0.6) is 0 Å². The molecular weight excluding hydrogens is 525 g/mol. The third kappa shape index (κ3) is 4.58. The Balaban J connectivity index is 1.39. The molecule has 0 aliphatic rings. The average molecular weight is 541 g/mol. The number of benzene rings is 4. The highest BCUT2D eigenvalue weighted by molar-refractivity contribution is 7.80. The summed E-state index contributed by atoms with van der Waals surface area (Å²) < 4.78 is 5.91. The van der Waals surface area contributed by atoms with Gasteiger partial charge in [0.2, 0.25) is 5.89 Å². The van der Waals surface area contributed by atoms with Crippen LogP contribution in [0.2, 0.25) is 15.1 Å². The van der Waals surface area contributed by atoms with Gasteiger partial charge in [0.1, 0.15) is 5.52 Å². The molecule has 0 spiro atoms. The lowest BCUT2D eigenvalue weighted by Gasteiger charge is -2.14. The minimum absolute atomic E-state index is 0.154. The number of hydrogen-bond donors (Lipinski definition) is 2. The minimum atomic E-state index is -0.338. The van der Waals surface area contributed by atoms with Crippen LogP contribution in [0, 0.1) is 6.92 Å². The molecule has 2 N–H and O–H groups in total. The van der Waals surface area contributed by atoms with Crippen LogP contribution in [0.4, 0.5) is 5.69 Å². The molecule has 0 bridgehead atoms. The standard InChI is InChI=1S/C26H16Cl3N3O2S/c1-13-15(25-30-22-12-14(27)11-20(29)23(22)34-25)5-4-10-21(13)31-26(35)32-24(33)18-8-2-7-17-16(18)6-3-9-19(17)28/h2-12H,1H3,(H2,31,32,33,35). The second-order valence-corrected chi connectivity index (χ2v) is 9.44. The molecule has 5 rings (SSSR count). The first-order chi connectivity index (χ1) is 16.8. The molecule has 5 nitrogen and oxygen atoms in total. The van der Waals surface area contributed by atoms with Gasteiger partial charge in [-0.15, -0.1) is 0 Å². The van der Waals surface area contributed by atoms with Gasteiger partial charge in [-0.25, -0.2) is 4.98 Å². The third-order valence-corrected chi connectivity index (χ3v) is 6.60. The number of fused-ring (bicyclic) bond motifs is 2. The zero-order valence-electron chi connectivity index (χ0n) is 18.2. The monoisotopic (exact) mass is 539 g/mol. The quantitative estimate of drug-likeness (QED) is 0.227. The van der Waals surface area contributed by atoms with Gasteiger partial charge >= 0.3 is 0 Å². The Morgan fingerprint density at radius 1 is 0.943 bits per heavy atom. The lowest BCUT2D eigenvalue weighted by Crippen LogP contribution is -2.34. The fraction of sp³-hybridized carbons (Fsp3) is 0.0385. The Morgan fingerprint density at radius 2 is 1.69 bits per heavy atom. The molecule has 1 amide bonds. The zero-order valence-corrected chi connectivity index (χ0v) is 21.2. The highest BCUT2D eigenvalue weighted by Crippen LogP contribution is 2.34. The van der Waals surface area contributed by atoms with E-state index < -0.39 is 0 Å². The van der Waals surface area contributed by atoms with Crippen molar-refractivity contribution in [3.8, 4) is 11.5 Å². The van der Waals surface area contributed by atoms with E-state index in [9.17, 15) is 4.79 Å². The first-order valence-corrected chi connectivity index (χ1v) is 12.0. The van der Waals surface area contributed by atoms with E-state index in [4.69, 9.17) is 51.4 Å². The average Bonchev–Trinajstić information content (AvgIpc) is 3.24. The second-order valence-electron chi connectivity index (χ2n) is 7.78. The number of aromatic nitrogens is 1. The molecule has 0 aliphatic heterocycles. The number of nitrogens with zero attached hydrogens (tertiary/aromatic N) is 1. The van der Waals surface area contributed by atoms with Crippen molar-refractivity contribution in [2.24, 2.45) is 0 Å². The highest BCUT2D eigenvalue weighted by atomic mass is 35.5. The molecule has 0 unspecified atom stereocenters. The van der Waals surface area contributed by atoms with E-state index in [2.05, 4.69) is 15.6 Å². The second kappa shape index (κ2) is 9.47. The maximum Gasteiger partial charge on any atom is 0.258 e. The normalized spacial score (nSPS) is 11.1. The van der Waals surface area contributed by atoms with E-state index in [1.54, 1.807) is 36.4 Å². The van der Waals surface area contributed by atoms with Gasteiger partial charge in [-0.1, -0.05) is 65.1 Å². The number of halogens is 3. The maximum atomic E-state index is 13.0. The fourth-order valence-electron chi connectivity index (χ4n) is 3.87. The number of anilines is 1. The summed E-state index contributed by atoms with van der Waals surface area (Å²) in [5.41, 5.74) is 3.77. The van der Waals surface area contributed by atoms with E-state index in [0.29, 0.717) is 43.3 Å². The Labute approximate surface area is 221 Å². The van der Waals surface area contributed by atoms with E-state index in [1.165, 1.54) is 0 Å². The van der Waals surface area contributed by atoms with Crippen molar-refractivity contribution in [3.63, 3.8) is 0 Å². The van der Waals surface area contributed by atoms with Crippen LogP contribution in [-0.4, -0.2) is 16.0 Å². The van der Waals surface area contributed by atoms with Gasteiger partial charge in [0.05, 0.1) is 5.02 Å². The molecule has 0 saturated carbocycles. The van der Waals surface area contributed by atoms with Gasteiger partial charge in [-0.05, 0) is 66.5 Å². The number of carbonyl (C=O) groups excluding carboxylic acids is 1. The van der Waals surface area contributed by atoms with Crippen LogP contribution < -0.4 is 10.6 Å². The van der Waals surface area contributed by atoms with Crippen LogP contribution in [0.1, 0.15) is 15.9 Å². The Kier molecular flexibility index (Phi) is 6.38. The summed E-state index contributed by atoms with van der Waals surface area (Å²) in [6.07, 6.45) is 0. The van der Waals surface area contributed by atoms with Gasteiger partial charge in [0.25, 0.3) is 5.91 Å². The van der Waals surface area contributed by atoms with E-state index >= 15 is 0 Å². The molecule has 1 heterocycles. The molecule has 0 atom stereocenters. The van der Waals surface area contributed by atoms with Gasteiger partial charge in [0, 0.05) is 32.2 Å². The summed E-state index contributed by atoms with van der Waals surface area (Å²) in [4.78, 5) is 17.5. The number of thiocarbonyl (C=S) groups is 1. The lowest BCUT2D eigenvalue weighted by atomic mass is 10.0. The Morgan fingerprint density at radius 3 is 2.51 bits per heavy atom. The van der Waals surface area contributed by atoms with Gasteiger partial charge in [-0.3, -0.25) is 10.1 Å². The van der Waals surface area contributed by atoms with Crippen molar-refractivity contribution in [3.05, 3.63) is 92.9 Å². The third-order valence-electron chi connectivity index (χ3n) is 5.56. The molecule has 0 saturated heterocycles. The van der Waals surface area contributed by atoms with Gasteiger partial charge < -0.3 is 9.73 Å². The highest BCUT2D eigenvalue weighted by Gasteiger charge is 2.17. The number of hydrogen-bond acceptors (Lipinski definition) is 4. The van der Waals surface area contributed by atoms with Crippen molar-refractivity contribution in [2.45, 2.75) is 6.92 Å². The number of oxazole rings is 1. The molecule has 35 heavy (non-hydrogen) atoms. The first-order valence-electron chi connectivity index (χ1n) is 10.5. The lowest BCUT2D eigenvalue weighted by molar-refractivity contribution is 0.0979. The summed E-state index contributed by atoms with van der Waals surface area (Å²) in [5, 5.41) is 8.97. The predicted octanol–water partition coefficient (Wildman–Crippen LogP) is 8.04. The molecule has 0 aliphatic carbocycles. The smallest absolute Gasteiger partial charge is 0.258 e. The van der Waals surface area contributed by atoms with Crippen molar-refractivity contribution < 1.29 is 9.21 Å². The molecule has 174 valence electrons. The summed E-state index contributed by atoms with van der Waals surface area (Å²) in [6, 6.07) is 19.7. The summed E-state index contributed by atoms with van der Waals surface area (Å²) in [5.74, 6) is 0.0579. The zero-order chi connectivity index (χ0) is 24.7. The van der Waals surface area contributed by atoms with E-state index in [0.717, 1.165) is 21.9 Å². The molecule has 0 radical (unpaired) electrons. The summed E-state index contributed by atoms with van der Waals surface area (Å²) in [6.45, 7) is 1.90. The molecule has 4 aromatic carbocycles. The first kappa shape index (κ1) is 23.6. The number of rotatable bonds is 3. The molecule has 0 fully saturated rings. The SMILES string of the molecule is Cc1c(NC(=S)NC(=O)c2cccc3c(Cl)cccc23)cccc1-c1nc2cc(Cl)cc(Cl)c2o1. The summed E-state index contributed by atoms with van der Waals surface area (Å²) in [7, 11) is 0.